The zero-order valence-electron chi connectivity index (χ0n) is 18.0. The van der Waals surface area contributed by atoms with Gasteiger partial charge < -0.3 is 9.73 Å². The second-order valence-electron chi connectivity index (χ2n) is 7.74. The number of carbonyl (C=O) groups excluding carboxylic acids is 1. The number of rotatable bonds is 7. The van der Waals surface area contributed by atoms with Crippen LogP contribution in [0.25, 0.3) is 22.1 Å². The molecule has 2 heterocycles. The minimum atomic E-state index is -0.355. The molecule has 170 valence electrons. The normalized spacial score (nSPS) is 11.2. The van der Waals surface area contributed by atoms with Gasteiger partial charge in [-0.2, -0.15) is 0 Å². The molecule has 0 atom stereocenters. The molecule has 0 unspecified atom stereocenters. The van der Waals surface area contributed by atoms with Crippen LogP contribution in [0.3, 0.4) is 0 Å². The van der Waals surface area contributed by atoms with E-state index >= 15 is 0 Å². The summed E-state index contributed by atoms with van der Waals surface area (Å²) in [6.45, 7) is 0.592. The summed E-state index contributed by atoms with van der Waals surface area (Å²) in [5, 5.41) is 4.01. The van der Waals surface area contributed by atoms with Crippen molar-refractivity contribution in [1.82, 2.24) is 14.9 Å². The summed E-state index contributed by atoms with van der Waals surface area (Å²) >= 11 is 1.18. The highest BCUT2D eigenvalue weighted by molar-refractivity contribution is 7.99. The van der Waals surface area contributed by atoms with Gasteiger partial charge in [0.1, 0.15) is 16.9 Å². The van der Waals surface area contributed by atoms with E-state index in [-0.39, 0.29) is 35.2 Å². The van der Waals surface area contributed by atoms with Crippen LogP contribution in [0.2, 0.25) is 0 Å². The molecule has 8 heteroatoms. The van der Waals surface area contributed by atoms with Crippen LogP contribution in [0, 0.1) is 5.82 Å². The number of halogens is 1. The van der Waals surface area contributed by atoms with Crippen LogP contribution in [-0.4, -0.2) is 21.2 Å². The lowest BCUT2D eigenvalue weighted by Crippen LogP contribution is -2.27. The summed E-state index contributed by atoms with van der Waals surface area (Å²) in [7, 11) is 0. The second-order valence-corrected chi connectivity index (χ2v) is 8.68. The number of benzene rings is 3. The van der Waals surface area contributed by atoms with Crippen LogP contribution in [0.5, 0.6) is 0 Å². The Kier molecular flexibility index (Phi) is 6.14. The van der Waals surface area contributed by atoms with Gasteiger partial charge in [-0.25, -0.2) is 9.37 Å². The lowest BCUT2D eigenvalue weighted by atomic mass is 10.2. The van der Waals surface area contributed by atoms with Crippen LogP contribution >= 0.6 is 11.8 Å². The first-order chi connectivity index (χ1) is 16.6. The third-order valence-corrected chi connectivity index (χ3v) is 6.34. The van der Waals surface area contributed by atoms with Gasteiger partial charge in [-0.3, -0.25) is 14.2 Å². The smallest absolute Gasteiger partial charge is 0.298 e. The van der Waals surface area contributed by atoms with Crippen LogP contribution < -0.4 is 10.9 Å². The first kappa shape index (κ1) is 21.9. The van der Waals surface area contributed by atoms with E-state index in [4.69, 9.17) is 9.40 Å². The molecule has 5 aromatic rings. The molecule has 0 aliphatic carbocycles. The largest absolute Gasteiger partial charge is 0.448 e. The van der Waals surface area contributed by atoms with Crippen LogP contribution in [0.1, 0.15) is 11.1 Å². The minimum Gasteiger partial charge on any atom is -0.448 e. The van der Waals surface area contributed by atoms with Gasteiger partial charge in [0.2, 0.25) is 11.5 Å². The number of furan rings is 1. The number of fused-ring (bicyclic) bond motifs is 3. The number of nitrogens with zero attached hydrogens (tertiary/aromatic N) is 2. The third-order valence-electron chi connectivity index (χ3n) is 5.37. The summed E-state index contributed by atoms with van der Waals surface area (Å²) in [6, 6.07) is 22.9. The Morgan fingerprint density at radius 1 is 0.971 bits per heavy atom. The maximum atomic E-state index is 13.4. The average Bonchev–Trinajstić information content (AvgIpc) is 3.24. The van der Waals surface area contributed by atoms with Crippen molar-refractivity contribution in [3.05, 3.63) is 106 Å². The van der Waals surface area contributed by atoms with Crippen molar-refractivity contribution in [2.45, 2.75) is 18.2 Å². The van der Waals surface area contributed by atoms with Crippen molar-refractivity contribution < 1.29 is 13.6 Å². The SMILES string of the molecule is O=C(CSc1nc2c(oc3ccccc32)c(=O)n1Cc1ccc(F)cc1)NCc1ccccc1. The molecule has 1 amide bonds. The molecule has 0 radical (unpaired) electrons. The number of para-hydroxylation sites is 1. The van der Waals surface area contributed by atoms with Crippen LogP contribution in [-0.2, 0) is 17.9 Å². The average molecular weight is 474 g/mol. The number of hydrogen-bond donors (Lipinski definition) is 1. The molecule has 2 aromatic heterocycles. The standard InChI is InChI=1S/C26H20FN3O3S/c27-19-12-10-18(11-13-19)15-30-25(32)24-23(20-8-4-5-9-21(20)33-24)29-26(30)34-16-22(31)28-14-17-6-2-1-3-7-17/h1-13H,14-16H2,(H,28,31). The van der Waals surface area contributed by atoms with Crippen molar-refractivity contribution in [1.29, 1.82) is 0 Å². The van der Waals surface area contributed by atoms with Crippen LogP contribution in [0.4, 0.5) is 4.39 Å². The molecule has 3 aromatic carbocycles. The van der Waals surface area contributed by atoms with Crippen molar-refractivity contribution >= 4 is 39.7 Å². The van der Waals surface area contributed by atoms with E-state index in [0.29, 0.717) is 22.8 Å². The van der Waals surface area contributed by atoms with E-state index < -0.39 is 0 Å². The number of nitrogens with one attached hydrogen (secondary N) is 1. The van der Waals surface area contributed by atoms with Gasteiger partial charge in [0, 0.05) is 11.9 Å². The van der Waals surface area contributed by atoms with E-state index in [2.05, 4.69) is 5.32 Å². The molecule has 0 fully saturated rings. The van der Waals surface area contributed by atoms with Gasteiger partial charge in [0.05, 0.1) is 12.3 Å². The fourth-order valence-electron chi connectivity index (χ4n) is 3.65. The molecule has 0 bridgehead atoms. The van der Waals surface area contributed by atoms with E-state index in [1.807, 2.05) is 48.5 Å². The topological polar surface area (TPSA) is 77.1 Å². The zero-order chi connectivity index (χ0) is 23.5. The highest BCUT2D eigenvalue weighted by Crippen LogP contribution is 2.27. The summed E-state index contributed by atoms with van der Waals surface area (Å²) in [4.78, 5) is 30.6. The first-order valence-corrected chi connectivity index (χ1v) is 11.7. The molecule has 1 N–H and O–H groups in total. The van der Waals surface area contributed by atoms with Gasteiger partial charge in [0.15, 0.2) is 5.16 Å². The maximum Gasteiger partial charge on any atom is 0.298 e. The Hall–Kier alpha value is -3.91. The Labute approximate surface area is 198 Å². The van der Waals surface area contributed by atoms with Gasteiger partial charge in [-0.15, -0.1) is 0 Å². The molecule has 34 heavy (non-hydrogen) atoms. The fourth-order valence-corrected chi connectivity index (χ4v) is 4.47. The van der Waals surface area contributed by atoms with E-state index in [9.17, 15) is 14.0 Å². The lowest BCUT2D eigenvalue weighted by molar-refractivity contribution is -0.118. The summed E-state index contributed by atoms with van der Waals surface area (Å²) in [6.07, 6.45) is 0. The number of thioether (sulfide) groups is 1. The number of amides is 1. The molecule has 6 nitrogen and oxygen atoms in total. The molecule has 5 rings (SSSR count). The second kappa shape index (κ2) is 9.52. The van der Waals surface area contributed by atoms with Crippen molar-refractivity contribution in [2.75, 3.05) is 5.75 Å². The van der Waals surface area contributed by atoms with Crippen molar-refractivity contribution in [3.8, 4) is 0 Å². The lowest BCUT2D eigenvalue weighted by Gasteiger charge is -2.12. The third kappa shape index (κ3) is 4.58. The summed E-state index contributed by atoms with van der Waals surface area (Å²) in [5.41, 5.74) is 2.56. The first-order valence-electron chi connectivity index (χ1n) is 10.7. The van der Waals surface area contributed by atoms with Crippen LogP contribution in [0.15, 0.2) is 93.2 Å². The van der Waals surface area contributed by atoms with Gasteiger partial charge >= 0.3 is 0 Å². The highest BCUT2D eigenvalue weighted by Gasteiger charge is 2.19. The highest BCUT2D eigenvalue weighted by atomic mass is 32.2. The Bertz CT molecular complexity index is 1530. The maximum absolute atomic E-state index is 13.4. The van der Waals surface area contributed by atoms with Gasteiger partial charge in [0.25, 0.3) is 5.56 Å². The molecule has 0 aliphatic heterocycles. The molecule has 0 spiro atoms. The Morgan fingerprint density at radius 2 is 1.71 bits per heavy atom. The monoisotopic (exact) mass is 473 g/mol. The molecular formula is C26H20FN3O3S. The van der Waals surface area contributed by atoms with Crippen molar-refractivity contribution in [2.24, 2.45) is 0 Å². The Morgan fingerprint density at radius 3 is 2.50 bits per heavy atom. The number of hydrogen-bond acceptors (Lipinski definition) is 5. The Balaban J connectivity index is 1.46. The summed E-state index contributed by atoms with van der Waals surface area (Å²) < 4.78 is 20.6. The molecule has 0 saturated carbocycles. The zero-order valence-corrected chi connectivity index (χ0v) is 18.8. The summed E-state index contributed by atoms with van der Waals surface area (Å²) in [5.74, 6) is -0.440. The molecule has 0 aliphatic rings. The fraction of sp³-hybridized carbons (Fsp3) is 0.115. The van der Waals surface area contributed by atoms with E-state index in [0.717, 1.165) is 16.5 Å². The van der Waals surface area contributed by atoms with E-state index in [1.165, 1.54) is 28.5 Å². The number of carbonyl (C=O) groups is 1. The van der Waals surface area contributed by atoms with Crippen molar-refractivity contribution in [3.63, 3.8) is 0 Å². The predicted octanol–water partition coefficient (Wildman–Crippen LogP) is 4.74. The molecule has 0 saturated heterocycles. The predicted molar refractivity (Wildman–Crippen MR) is 130 cm³/mol. The number of aromatic nitrogens is 2. The van der Waals surface area contributed by atoms with E-state index in [1.54, 1.807) is 18.2 Å². The quantitative estimate of drug-likeness (QED) is 0.273. The van der Waals surface area contributed by atoms with Gasteiger partial charge in [-0.1, -0.05) is 66.4 Å². The molecular weight excluding hydrogens is 453 g/mol. The van der Waals surface area contributed by atoms with Gasteiger partial charge in [-0.05, 0) is 35.4 Å². The minimum absolute atomic E-state index is 0.0873.